The first kappa shape index (κ1) is 19.6. The molecule has 1 saturated heterocycles. The van der Waals surface area contributed by atoms with Crippen LogP contribution in [0.2, 0.25) is 5.02 Å². The van der Waals surface area contributed by atoms with Gasteiger partial charge in [0.05, 0.1) is 21.4 Å². The lowest BCUT2D eigenvalue weighted by Gasteiger charge is -2.04. The molecule has 2 aromatic rings. The topological polar surface area (TPSA) is 150 Å². The van der Waals surface area contributed by atoms with Crippen LogP contribution in [0.25, 0.3) is 11.3 Å². The summed E-state index contributed by atoms with van der Waals surface area (Å²) in [6.07, 6.45) is 0.839. The molecule has 1 aromatic heterocycles. The number of amidine groups is 1. The van der Waals surface area contributed by atoms with Crippen molar-refractivity contribution in [3.8, 4) is 11.3 Å². The molecule has 1 atom stereocenters. The summed E-state index contributed by atoms with van der Waals surface area (Å²) >= 11 is 7.00. The van der Waals surface area contributed by atoms with Crippen molar-refractivity contribution in [2.45, 2.75) is 11.7 Å². The molecule has 1 aromatic carbocycles. The predicted octanol–water partition coefficient (Wildman–Crippen LogP) is 1.57. The SMILES string of the molecule is O=C([O-])C[C@@H]1S/C(=N\N=C/c2ccc(-c3cc([N+](=O)[O-])ccc3Cl)o2)NC1=O. The zero-order valence-corrected chi connectivity index (χ0v) is 15.4. The Kier molecular flexibility index (Phi) is 5.76. The van der Waals surface area contributed by atoms with Crippen molar-refractivity contribution in [3.63, 3.8) is 0 Å². The number of thioether (sulfide) groups is 1. The van der Waals surface area contributed by atoms with Crippen molar-refractivity contribution in [1.29, 1.82) is 0 Å². The molecule has 12 heteroatoms. The predicted molar refractivity (Wildman–Crippen MR) is 100.0 cm³/mol. The summed E-state index contributed by atoms with van der Waals surface area (Å²) in [5.41, 5.74) is 0.225. The second kappa shape index (κ2) is 8.23. The standard InChI is InChI=1S/C16H11ClN4O6S/c17-11-3-1-8(21(25)26)5-10(11)12-4-2-9(27-12)7-18-20-16-19-15(24)13(28-16)6-14(22)23/h1-5,7,13H,6H2,(H,22,23)(H,19,20,24)/p-1/b18-7-/t13-/m0/s1. The number of benzene rings is 1. The number of hydrogen-bond acceptors (Lipinski definition) is 9. The molecule has 2 heterocycles. The molecule has 10 nitrogen and oxygen atoms in total. The molecule has 0 unspecified atom stereocenters. The van der Waals surface area contributed by atoms with Gasteiger partial charge in [-0.25, -0.2) is 0 Å². The average molecular weight is 422 g/mol. The highest BCUT2D eigenvalue weighted by Gasteiger charge is 2.30. The number of nitrogens with zero attached hydrogens (tertiary/aromatic N) is 3. The Morgan fingerprint density at radius 3 is 2.89 bits per heavy atom. The van der Waals surface area contributed by atoms with Gasteiger partial charge >= 0.3 is 0 Å². The third-order valence-corrected chi connectivity index (χ3v) is 4.92. The summed E-state index contributed by atoms with van der Waals surface area (Å²) in [6, 6.07) is 7.12. The van der Waals surface area contributed by atoms with Gasteiger partial charge in [0.25, 0.3) is 5.69 Å². The smallest absolute Gasteiger partial charge is 0.270 e. The fraction of sp³-hybridized carbons (Fsp3) is 0.125. The van der Waals surface area contributed by atoms with E-state index in [2.05, 4.69) is 15.5 Å². The number of nitro benzene ring substituents is 1. The first-order chi connectivity index (χ1) is 13.3. The average Bonchev–Trinajstić information content (AvgIpc) is 3.22. The van der Waals surface area contributed by atoms with Gasteiger partial charge in [0.2, 0.25) is 5.91 Å². The van der Waals surface area contributed by atoms with Gasteiger partial charge in [0.1, 0.15) is 11.5 Å². The van der Waals surface area contributed by atoms with Crippen molar-refractivity contribution in [3.05, 3.63) is 51.2 Å². The van der Waals surface area contributed by atoms with E-state index < -0.39 is 28.5 Å². The fourth-order valence-electron chi connectivity index (χ4n) is 2.26. The number of carboxylic acid groups (broad SMARTS) is 1. The van der Waals surface area contributed by atoms with Gasteiger partial charge in [-0.05, 0) is 18.2 Å². The zero-order chi connectivity index (χ0) is 20.3. The lowest BCUT2D eigenvalue weighted by atomic mass is 10.1. The highest BCUT2D eigenvalue weighted by atomic mass is 35.5. The molecule has 0 saturated carbocycles. The number of nitro groups is 1. The third-order valence-electron chi connectivity index (χ3n) is 3.52. The third kappa shape index (κ3) is 4.56. The molecule has 28 heavy (non-hydrogen) atoms. The van der Waals surface area contributed by atoms with Gasteiger partial charge in [0.15, 0.2) is 5.17 Å². The van der Waals surface area contributed by atoms with E-state index in [9.17, 15) is 24.8 Å². The molecule has 0 spiro atoms. The fourth-order valence-corrected chi connectivity index (χ4v) is 3.38. The molecule has 1 aliphatic rings. The van der Waals surface area contributed by atoms with Crippen LogP contribution in [0.5, 0.6) is 0 Å². The molecule has 1 N–H and O–H groups in total. The minimum atomic E-state index is -1.33. The number of rotatable bonds is 6. The van der Waals surface area contributed by atoms with Gasteiger partial charge in [-0.2, -0.15) is 5.10 Å². The largest absolute Gasteiger partial charge is 0.550 e. The maximum absolute atomic E-state index is 11.6. The number of hydrogen-bond donors (Lipinski definition) is 1. The molecule has 1 aliphatic heterocycles. The monoisotopic (exact) mass is 421 g/mol. The second-order valence-electron chi connectivity index (χ2n) is 5.44. The number of aliphatic carboxylic acids is 1. The number of non-ortho nitro benzene ring substituents is 1. The van der Waals surface area contributed by atoms with Gasteiger partial charge in [0, 0.05) is 30.1 Å². The minimum Gasteiger partial charge on any atom is -0.550 e. The van der Waals surface area contributed by atoms with Crippen LogP contribution in [0, 0.1) is 10.1 Å². The number of carbonyl (C=O) groups is 2. The van der Waals surface area contributed by atoms with Crippen LogP contribution in [0.3, 0.4) is 0 Å². The van der Waals surface area contributed by atoms with Crippen molar-refractivity contribution in [2.24, 2.45) is 10.2 Å². The summed E-state index contributed by atoms with van der Waals surface area (Å²) in [6.45, 7) is 0. The van der Waals surface area contributed by atoms with Gasteiger partial charge in [-0.15, -0.1) is 5.10 Å². The van der Waals surface area contributed by atoms with E-state index >= 15 is 0 Å². The quantitative estimate of drug-likeness (QED) is 0.422. The Hall–Kier alpha value is -3.18. The van der Waals surface area contributed by atoms with Crippen molar-refractivity contribution in [2.75, 3.05) is 0 Å². The number of halogens is 1. The minimum absolute atomic E-state index is 0.127. The lowest BCUT2D eigenvalue weighted by Crippen LogP contribution is -2.31. The van der Waals surface area contributed by atoms with Gasteiger partial charge < -0.3 is 19.6 Å². The van der Waals surface area contributed by atoms with E-state index in [1.807, 2.05) is 0 Å². The summed E-state index contributed by atoms with van der Waals surface area (Å²) in [5.74, 6) is -1.22. The van der Waals surface area contributed by atoms with E-state index in [4.69, 9.17) is 16.0 Å². The molecular formula is C16H10ClN4O6S-. The maximum atomic E-state index is 11.6. The van der Waals surface area contributed by atoms with Crippen LogP contribution in [0.1, 0.15) is 12.2 Å². The Bertz CT molecular complexity index is 1020. The molecule has 1 fully saturated rings. The normalized spacial score (nSPS) is 18.0. The van der Waals surface area contributed by atoms with Gasteiger partial charge in [-0.3, -0.25) is 14.9 Å². The Morgan fingerprint density at radius 1 is 1.39 bits per heavy atom. The van der Waals surface area contributed by atoms with E-state index in [0.717, 1.165) is 11.8 Å². The first-order valence-electron chi connectivity index (χ1n) is 7.66. The first-order valence-corrected chi connectivity index (χ1v) is 8.92. The second-order valence-corrected chi connectivity index (χ2v) is 7.04. The zero-order valence-electron chi connectivity index (χ0n) is 13.8. The molecule has 0 radical (unpaired) electrons. The van der Waals surface area contributed by atoms with E-state index in [-0.39, 0.29) is 15.9 Å². The Morgan fingerprint density at radius 2 is 2.18 bits per heavy atom. The van der Waals surface area contributed by atoms with E-state index in [1.54, 1.807) is 12.1 Å². The van der Waals surface area contributed by atoms with Crippen molar-refractivity contribution in [1.82, 2.24) is 5.32 Å². The Balaban J connectivity index is 1.72. The molecule has 0 bridgehead atoms. The van der Waals surface area contributed by atoms with E-state index in [0.29, 0.717) is 17.1 Å². The summed E-state index contributed by atoms with van der Waals surface area (Å²) in [4.78, 5) is 32.5. The number of carboxylic acids is 1. The lowest BCUT2D eigenvalue weighted by molar-refractivity contribution is -0.384. The van der Waals surface area contributed by atoms with Crippen LogP contribution in [-0.2, 0) is 9.59 Å². The van der Waals surface area contributed by atoms with Crippen LogP contribution in [0.15, 0.2) is 45.0 Å². The van der Waals surface area contributed by atoms with E-state index in [1.165, 1.54) is 24.4 Å². The Labute approximate surface area is 166 Å². The molecule has 1 amide bonds. The molecular weight excluding hydrogens is 412 g/mol. The number of furan rings is 1. The highest BCUT2D eigenvalue weighted by molar-refractivity contribution is 8.15. The van der Waals surface area contributed by atoms with Gasteiger partial charge in [-0.1, -0.05) is 23.4 Å². The summed E-state index contributed by atoms with van der Waals surface area (Å²) < 4.78 is 5.54. The number of amides is 1. The highest BCUT2D eigenvalue weighted by Crippen LogP contribution is 2.32. The van der Waals surface area contributed by atoms with Crippen molar-refractivity contribution >= 4 is 52.3 Å². The maximum Gasteiger partial charge on any atom is 0.270 e. The van der Waals surface area contributed by atoms with Crippen molar-refractivity contribution < 1.29 is 24.0 Å². The van der Waals surface area contributed by atoms with Crippen LogP contribution >= 0.6 is 23.4 Å². The van der Waals surface area contributed by atoms with Crippen LogP contribution in [-0.4, -0.2) is 33.4 Å². The molecule has 144 valence electrons. The number of nitrogens with one attached hydrogen (secondary N) is 1. The molecule has 0 aliphatic carbocycles. The van der Waals surface area contributed by atoms with Crippen LogP contribution in [0.4, 0.5) is 5.69 Å². The molecule has 3 rings (SSSR count). The summed E-state index contributed by atoms with van der Waals surface area (Å²) in [7, 11) is 0. The summed E-state index contributed by atoms with van der Waals surface area (Å²) in [5, 5.41) is 31.1. The number of carbonyl (C=O) groups excluding carboxylic acids is 2. The van der Waals surface area contributed by atoms with Crippen LogP contribution < -0.4 is 10.4 Å².